The topological polar surface area (TPSA) is 69.9 Å². The molecule has 1 aromatic carbocycles. The number of nitrogen functional groups attached to an aromatic ring is 2. The molecule has 2 aromatic rings. The van der Waals surface area contributed by atoms with Crippen LogP contribution in [0.2, 0.25) is 0 Å². The molecule has 0 radical (unpaired) electrons. The molecule has 78 valence electrons. The number of hydrogen-bond donors (Lipinski definition) is 2. The van der Waals surface area contributed by atoms with E-state index in [9.17, 15) is 0 Å². The van der Waals surface area contributed by atoms with Crippen LogP contribution in [0.4, 0.5) is 11.6 Å². The minimum atomic E-state index is 0.525. The average Bonchev–Trinajstić information content (AvgIpc) is 2.44. The number of imidazole rings is 1. The van der Waals surface area contributed by atoms with Gasteiger partial charge in [-0.2, -0.15) is 0 Å². The highest BCUT2D eigenvalue weighted by molar-refractivity contribution is 5.89. The van der Waals surface area contributed by atoms with Gasteiger partial charge in [-0.05, 0) is 31.4 Å². The third kappa shape index (κ3) is 1.11. The molecule has 0 unspecified atom stereocenters. The van der Waals surface area contributed by atoms with Crippen LogP contribution in [0.15, 0.2) is 18.2 Å². The maximum absolute atomic E-state index is 5.93. The SMILES string of the molecule is Nc1cccc2c1nc(N)n2C1CCC1. The first-order valence-electron chi connectivity index (χ1n) is 5.29. The number of fused-ring (bicyclic) bond motifs is 1. The van der Waals surface area contributed by atoms with Crippen LogP contribution < -0.4 is 11.5 Å². The lowest BCUT2D eigenvalue weighted by atomic mass is 9.93. The Labute approximate surface area is 87.9 Å². The summed E-state index contributed by atoms with van der Waals surface area (Å²) in [4.78, 5) is 4.33. The molecule has 1 aromatic heterocycles. The van der Waals surface area contributed by atoms with Crippen molar-refractivity contribution >= 4 is 22.7 Å². The minimum Gasteiger partial charge on any atom is -0.397 e. The maximum Gasteiger partial charge on any atom is 0.201 e. The van der Waals surface area contributed by atoms with Crippen LogP contribution in [0.25, 0.3) is 11.0 Å². The smallest absolute Gasteiger partial charge is 0.201 e. The summed E-state index contributed by atoms with van der Waals surface area (Å²) in [6.07, 6.45) is 3.68. The fourth-order valence-corrected chi connectivity index (χ4v) is 2.19. The van der Waals surface area contributed by atoms with E-state index in [1.54, 1.807) is 0 Å². The Morgan fingerprint density at radius 2 is 2.07 bits per heavy atom. The summed E-state index contributed by atoms with van der Waals surface area (Å²) >= 11 is 0. The highest BCUT2D eigenvalue weighted by atomic mass is 15.2. The van der Waals surface area contributed by atoms with Crippen LogP contribution in [0, 0.1) is 0 Å². The first-order chi connectivity index (χ1) is 7.27. The van der Waals surface area contributed by atoms with Crippen LogP contribution in [-0.4, -0.2) is 9.55 Å². The van der Waals surface area contributed by atoms with Crippen LogP contribution in [-0.2, 0) is 0 Å². The second kappa shape index (κ2) is 2.89. The number of para-hydroxylation sites is 1. The van der Waals surface area contributed by atoms with Gasteiger partial charge in [0, 0.05) is 6.04 Å². The third-order valence-corrected chi connectivity index (χ3v) is 3.22. The van der Waals surface area contributed by atoms with Crippen molar-refractivity contribution in [1.29, 1.82) is 0 Å². The summed E-state index contributed by atoms with van der Waals surface area (Å²) in [7, 11) is 0. The average molecular weight is 202 g/mol. The van der Waals surface area contributed by atoms with E-state index >= 15 is 0 Å². The molecular formula is C11H14N4. The summed E-state index contributed by atoms with van der Waals surface area (Å²) in [6, 6.07) is 6.37. The van der Waals surface area contributed by atoms with Gasteiger partial charge in [-0.25, -0.2) is 4.98 Å². The summed E-state index contributed by atoms with van der Waals surface area (Å²) in [5.74, 6) is 0.590. The molecule has 4 heteroatoms. The fourth-order valence-electron chi connectivity index (χ4n) is 2.19. The standard InChI is InChI=1S/C11H14N4/c12-8-5-2-6-9-10(8)14-11(13)15(9)7-3-1-4-7/h2,5-7H,1,3-4,12H2,(H2,13,14). The van der Waals surface area contributed by atoms with Gasteiger partial charge < -0.3 is 16.0 Å². The van der Waals surface area contributed by atoms with E-state index in [1.807, 2.05) is 18.2 Å². The number of aromatic nitrogens is 2. The van der Waals surface area contributed by atoms with Gasteiger partial charge in [-0.15, -0.1) is 0 Å². The van der Waals surface area contributed by atoms with Crippen molar-refractivity contribution in [2.45, 2.75) is 25.3 Å². The summed E-state index contributed by atoms with van der Waals surface area (Å²) in [5, 5.41) is 0. The van der Waals surface area contributed by atoms with Crippen LogP contribution in [0.1, 0.15) is 25.3 Å². The molecule has 0 saturated heterocycles. The molecule has 4 nitrogen and oxygen atoms in total. The number of benzene rings is 1. The molecule has 4 N–H and O–H groups in total. The molecule has 1 saturated carbocycles. The lowest BCUT2D eigenvalue weighted by Gasteiger charge is -2.28. The van der Waals surface area contributed by atoms with Gasteiger partial charge >= 0.3 is 0 Å². The Morgan fingerprint density at radius 1 is 1.27 bits per heavy atom. The zero-order valence-electron chi connectivity index (χ0n) is 8.48. The Bertz CT molecular complexity index is 511. The Balaban J connectivity index is 2.27. The molecule has 1 fully saturated rings. The molecule has 15 heavy (non-hydrogen) atoms. The fraction of sp³-hybridized carbons (Fsp3) is 0.364. The number of nitrogens with two attached hydrogens (primary N) is 2. The van der Waals surface area contributed by atoms with Gasteiger partial charge in [-0.1, -0.05) is 6.07 Å². The normalized spacial score (nSPS) is 16.8. The largest absolute Gasteiger partial charge is 0.397 e. The van der Waals surface area contributed by atoms with Crippen molar-refractivity contribution < 1.29 is 0 Å². The summed E-state index contributed by atoms with van der Waals surface area (Å²) < 4.78 is 2.12. The second-order valence-corrected chi connectivity index (χ2v) is 4.14. The zero-order valence-corrected chi connectivity index (χ0v) is 8.48. The van der Waals surface area contributed by atoms with E-state index in [-0.39, 0.29) is 0 Å². The molecule has 3 rings (SSSR count). The molecule has 0 aliphatic heterocycles. The number of nitrogens with zero attached hydrogens (tertiary/aromatic N) is 2. The summed E-state index contributed by atoms with van der Waals surface area (Å²) in [5.41, 5.74) is 14.4. The van der Waals surface area contributed by atoms with Gasteiger partial charge in [0.05, 0.1) is 11.2 Å². The van der Waals surface area contributed by atoms with Gasteiger partial charge in [0.1, 0.15) is 5.52 Å². The van der Waals surface area contributed by atoms with Gasteiger partial charge in [-0.3, -0.25) is 0 Å². The van der Waals surface area contributed by atoms with Gasteiger partial charge in [0.2, 0.25) is 5.95 Å². The molecule has 0 bridgehead atoms. The van der Waals surface area contributed by atoms with Crippen molar-refractivity contribution in [2.24, 2.45) is 0 Å². The quantitative estimate of drug-likeness (QED) is 0.694. The van der Waals surface area contributed by atoms with E-state index < -0.39 is 0 Å². The van der Waals surface area contributed by atoms with Gasteiger partial charge in [0.15, 0.2) is 0 Å². The highest BCUT2D eigenvalue weighted by Crippen LogP contribution is 2.37. The number of anilines is 2. The zero-order chi connectivity index (χ0) is 10.4. The molecule has 0 spiro atoms. The number of hydrogen-bond acceptors (Lipinski definition) is 3. The van der Waals surface area contributed by atoms with Crippen molar-refractivity contribution in [3.63, 3.8) is 0 Å². The maximum atomic E-state index is 5.93. The van der Waals surface area contributed by atoms with Crippen molar-refractivity contribution in [2.75, 3.05) is 11.5 Å². The Morgan fingerprint density at radius 3 is 2.73 bits per heavy atom. The lowest BCUT2D eigenvalue weighted by Crippen LogP contribution is -2.18. The number of rotatable bonds is 1. The molecule has 1 heterocycles. The van der Waals surface area contributed by atoms with Crippen molar-refractivity contribution in [1.82, 2.24) is 9.55 Å². The lowest BCUT2D eigenvalue weighted by molar-refractivity contribution is 0.324. The summed E-state index contributed by atoms with van der Waals surface area (Å²) in [6.45, 7) is 0. The van der Waals surface area contributed by atoms with E-state index in [0.717, 1.165) is 11.0 Å². The molecule has 0 atom stereocenters. The monoisotopic (exact) mass is 202 g/mol. The second-order valence-electron chi connectivity index (χ2n) is 4.14. The van der Waals surface area contributed by atoms with E-state index in [2.05, 4.69) is 9.55 Å². The van der Waals surface area contributed by atoms with Crippen molar-refractivity contribution in [3.8, 4) is 0 Å². The van der Waals surface area contributed by atoms with E-state index in [0.29, 0.717) is 17.7 Å². The van der Waals surface area contributed by atoms with E-state index in [4.69, 9.17) is 11.5 Å². The van der Waals surface area contributed by atoms with Crippen LogP contribution in [0.5, 0.6) is 0 Å². The van der Waals surface area contributed by atoms with Crippen LogP contribution >= 0.6 is 0 Å². The van der Waals surface area contributed by atoms with Crippen LogP contribution in [0.3, 0.4) is 0 Å². The first kappa shape index (κ1) is 8.59. The molecule has 1 aliphatic carbocycles. The first-order valence-corrected chi connectivity index (χ1v) is 5.29. The van der Waals surface area contributed by atoms with E-state index in [1.165, 1.54) is 19.3 Å². The highest BCUT2D eigenvalue weighted by Gasteiger charge is 2.23. The Hall–Kier alpha value is -1.71. The molecular weight excluding hydrogens is 188 g/mol. The van der Waals surface area contributed by atoms with Gasteiger partial charge in [0.25, 0.3) is 0 Å². The van der Waals surface area contributed by atoms with Crippen molar-refractivity contribution in [3.05, 3.63) is 18.2 Å². The third-order valence-electron chi connectivity index (χ3n) is 3.22. The minimum absolute atomic E-state index is 0.525. The predicted molar refractivity (Wildman–Crippen MR) is 61.4 cm³/mol. The predicted octanol–water partition coefficient (Wildman–Crippen LogP) is 1.93. The Kier molecular flexibility index (Phi) is 1.65. The molecule has 1 aliphatic rings. The molecule has 0 amide bonds.